The van der Waals surface area contributed by atoms with Crippen LogP contribution in [0.4, 0.5) is 0 Å². The lowest BCUT2D eigenvalue weighted by Crippen LogP contribution is -2.08. The van der Waals surface area contributed by atoms with E-state index in [-0.39, 0.29) is 0 Å². The number of hydrogen-bond donors (Lipinski definition) is 0. The Morgan fingerprint density at radius 1 is 1.50 bits per heavy atom. The first-order chi connectivity index (χ1) is 7.76. The third kappa shape index (κ3) is 5.28. The normalized spacial score (nSPS) is 12.9. The topological polar surface area (TPSA) is 22.1 Å². The maximum atomic E-state index is 5.75. The first-order valence-electron chi connectivity index (χ1n) is 5.94. The summed E-state index contributed by atoms with van der Waals surface area (Å²) in [6, 6.07) is 0. The Kier molecular flexibility index (Phi) is 7.01. The van der Waals surface area contributed by atoms with Gasteiger partial charge in [0.25, 0.3) is 0 Å². The molecule has 0 bridgehead atoms. The van der Waals surface area contributed by atoms with Crippen LogP contribution in [-0.4, -0.2) is 11.6 Å². The Hall–Kier alpha value is -0.120. The maximum absolute atomic E-state index is 5.75. The number of halogens is 1. The second-order valence-corrected chi connectivity index (χ2v) is 5.71. The van der Waals surface area contributed by atoms with E-state index < -0.39 is 0 Å². The number of aromatic nitrogens is 1. The van der Waals surface area contributed by atoms with E-state index in [4.69, 9.17) is 16.3 Å². The third-order valence-electron chi connectivity index (χ3n) is 2.67. The van der Waals surface area contributed by atoms with Crippen LogP contribution in [-0.2, 0) is 11.3 Å². The molecule has 0 spiro atoms. The number of hydrogen-bond acceptors (Lipinski definition) is 3. The largest absolute Gasteiger partial charge is 0.376 e. The Morgan fingerprint density at radius 3 is 2.88 bits per heavy atom. The Balaban J connectivity index is 2.17. The Labute approximate surface area is 107 Å². The van der Waals surface area contributed by atoms with Crippen LogP contribution >= 0.6 is 22.9 Å². The van der Waals surface area contributed by atoms with Crippen molar-refractivity contribution in [2.75, 3.05) is 6.61 Å². The molecule has 0 saturated carbocycles. The summed E-state index contributed by atoms with van der Waals surface area (Å²) in [7, 11) is 0. The van der Waals surface area contributed by atoms with Crippen LogP contribution in [0.25, 0.3) is 0 Å². The second-order valence-electron chi connectivity index (χ2n) is 4.01. The number of thiazole rings is 1. The van der Waals surface area contributed by atoms with Crippen LogP contribution in [0.15, 0.2) is 6.20 Å². The van der Waals surface area contributed by atoms with Crippen molar-refractivity contribution in [2.24, 2.45) is 5.92 Å². The highest BCUT2D eigenvalue weighted by atomic mass is 35.5. The lowest BCUT2D eigenvalue weighted by atomic mass is 10.0. The van der Waals surface area contributed by atoms with Gasteiger partial charge in [-0.2, -0.15) is 0 Å². The number of nitrogens with zero attached hydrogens (tertiary/aromatic N) is 1. The molecule has 0 amide bonds. The minimum Gasteiger partial charge on any atom is -0.376 e. The van der Waals surface area contributed by atoms with Crippen molar-refractivity contribution in [3.8, 4) is 0 Å². The summed E-state index contributed by atoms with van der Waals surface area (Å²) in [6.45, 7) is 5.96. The molecule has 0 aliphatic heterocycles. The Bertz CT molecular complexity index is 290. The molecule has 2 nitrogen and oxygen atoms in total. The smallest absolute Gasteiger partial charge is 0.183 e. The molecule has 92 valence electrons. The van der Waals surface area contributed by atoms with Crippen LogP contribution in [0.1, 0.15) is 44.4 Å². The Morgan fingerprint density at radius 2 is 2.31 bits per heavy atom. The minimum atomic E-state index is 0.594. The molecule has 0 N–H and O–H groups in total. The first-order valence-corrected chi connectivity index (χ1v) is 7.13. The summed E-state index contributed by atoms with van der Waals surface area (Å²) < 4.78 is 6.29. The highest BCUT2D eigenvalue weighted by Crippen LogP contribution is 2.19. The number of rotatable bonds is 8. The van der Waals surface area contributed by atoms with E-state index >= 15 is 0 Å². The van der Waals surface area contributed by atoms with Gasteiger partial charge in [-0.3, -0.25) is 0 Å². The van der Waals surface area contributed by atoms with E-state index in [1.54, 1.807) is 6.20 Å². The van der Waals surface area contributed by atoms with Crippen LogP contribution in [0.2, 0.25) is 4.47 Å². The van der Waals surface area contributed by atoms with Crippen LogP contribution in [0.5, 0.6) is 0 Å². The molecule has 16 heavy (non-hydrogen) atoms. The summed E-state index contributed by atoms with van der Waals surface area (Å²) in [5.74, 6) is 0.698. The molecule has 0 saturated heterocycles. The van der Waals surface area contributed by atoms with E-state index in [0.29, 0.717) is 17.0 Å². The van der Waals surface area contributed by atoms with Crippen LogP contribution in [0, 0.1) is 5.92 Å². The van der Waals surface area contributed by atoms with Crippen molar-refractivity contribution in [2.45, 2.75) is 46.1 Å². The zero-order valence-electron chi connectivity index (χ0n) is 10.0. The van der Waals surface area contributed by atoms with Crippen LogP contribution < -0.4 is 0 Å². The highest BCUT2D eigenvalue weighted by molar-refractivity contribution is 7.15. The second kappa shape index (κ2) is 8.04. The summed E-state index contributed by atoms with van der Waals surface area (Å²) in [6.07, 6.45) is 6.83. The summed E-state index contributed by atoms with van der Waals surface area (Å²) in [5, 5.41) is 0. The van der Waals surface area contributed by atoms with Gasteiger partial charge in [-0.1, -0.05) is 44.7 Å². The van der Waals surface area contributed by atoms with E-state index in [9.17, 15) is 0 Å². The number of ether oxygens (including phenoxy) is 1. The molecule has 0 aliphatic rings. The fourth-order valence-electron chi connectivity index (χ4n) is 1.57. The van der Waals surface area contributed by atoms with Crippen molar-refractivity contribution < 1.29 is 4.74 Å². The predicted molar refractivity (Wildman–Crippen MR) is 70.1 cm³/mol. The van der Waals surface area contributed by atoms with Crippen molar-refractivity contribution in [3.63, 3.8) is 0 Å². The van der Waals surface area contributed by atoms with Crippen molar-refractivity contribution in [1.29, 1.82) is 0 Å². The summed E-state index contributed by atoms with van der Waals surface area (Å²) in [5.41, 5.74) is 0. The van der Waals surface area contributed by atoms with Gasteiger partial charge >= 0.3 is 0 Å². The predicted octanol–water partition coefficient (Wildman–Crippen LogP) is 4.53. The van der Waals surface area contributed by atoms with Gasteiger partial charge in [-0.25, -0.2) is 4.98 Å². The monoisotopic (exact) mass is 261 g/mol. The molecule has 4 heteroatoms. The maximum Gasteiger partial charge on any atom is 0.183 e. The molecule has 0 aromatic carbocycles. The molecule has 0 aliphatic carbocycles. The fraction of sp³-hybridized carbons (Fsp3) is 0.750. The first kappa shape index (κ1) is 13.9. The van der Waals surface area contributed by atoms with Gasteiger partial charge < -0.3 is 4.74 Å². The molecule has 1 aromatic heterocycles. The minimum absolute atomic E-state index is 0.594. The van der Waals surface area contributed by atoms with Gasteiger partial charge in [-0.15, -0.1) is 11.3 Å². The third-order valence-corrected chi connectivity index (χ3v) is 3.75. The molecule has 1 unspecified atom stereocenters. The summed E-state index contributed by atoms with van der Waals surface area (Å²) >= 11 is 7.24. The molecule has 0 radical (unpaired) electrons. The summed E-state index contributed by atoms with van der Waals surface area (Å²) in [4.78, 5) is 5.09. The van der Waals surface area contributed by atoms with Gasteiger partial charge in [0.2, 0.25) is 0 Å². The molecular weight excluding hydrogens is 242 g/mol. The SMILES string of the molecule is CCCCC(CC)COCc1cnc(Cl)s1. The van der Waals surface area contributed by atoms with E-state index in [1.807, 2.05) is 0 Å². The van der Waals surface area contributed by atoms with E-state index in [2.05, 4.69) is 18.8 Å². The van der Waals surface area contributed by atoms with E-state index in [0.717, 1.165) is 11.5 Å². The number of unbranched alkanes of at least 4 members (excludes halogenated alkanes) is 1. The molecule has 0 fully saturated rings. The van der Waals surface area contributed by atoms with Gasteiger partial charge in [0.1, 0.15) is 0 Å². The van der Waals surface area contributed by atoms with Crippen LogP contribution in [0.3, 0.4) is 0 Å². The quantitative estimate of drug-likeness (QED) is 0.686. The average Bonchev–Trinajstić information content (AvgIpc) is 2.69. The average molecular weight is 262 g/mol. The van der Waals surface area contributed by atoms with Crippen molar-refractivity contribution in [1.82, 2.24) is 4.98 Å². The zero-order chi connectivity index (χ0) is 11.8. The lowest BCUT2D eigenvalue weighted by molar-refractivity contribution is 0.0835. The molecule has 1 atom stereocenters. The zero-order valence-corrected chi connectivity index (χ0v) is 11.6. The highest BCUT2D eigenvalue weighted by Gasteiger charge is 2.06. The van der Waals surface area contributed by atoms with Gasteiger partial charge in [-0.05, 0) is 12.3 Å². The fourth-order valence-corrected chi connectivity index (χ4v) is 2.49. The molecular formula is C12H20ClNOS. The molecule has 1 heterocycles. The standard InChI is InChI=1S/C12H20ClNOS/c1-3-5-6-10(4-2)8-15-9-11-7-14-12(13)16-11/h7,10H,3-6,8-9H2,1-2H3. The van der Waals surface area contributed by atoms with Gasteiger partial charge in [0.05, 0.1) is 11.5 Å². The lowest BCUT2D eigenvalue weighted by Gasteiger charge is -2.13. The van der Waals surface area contributed by atoms with Gasteiger partial charge in [0.15, 0.2) is 4.47 Å². The van der Waals surface area contributed by atoms with Crippen molar-refractivity contribution in [3.05, 3.63) is 15.5 Å². The molecule has 1 aromatic rings. The van der Waals surface area contributed by atoms with Crippen molar-refractivity contribution >= 4 is 22.9 Å². The van der Waals surface area contributed by atoms with Gasteiger partial charge in [0, 0.05) is 12.8 Å². The molecule has 1 rings (SSSR count). The van der Waals surface area contributed by atoms with E-state index in [1.165, 1.54) is 37.0 Å².